The van der Waals surface area contributed by atoms with E-state index in [1.165, 1.54) is 6.92 Å². The van der Waals surface area contributed by atoms with Crippen molar-refractivity contribution in [2.75, 3.05) is 6.16 Å². The molecule has 0 saturated heterocycles. The number of carboxylic acids is 1. The summed E-state index contributed by atoms with van der Waals surface area (Å²) in [4.78, 5) is 32.5. The lowest BCUT2D eigenvalue weighted by Crippen LogP contribution is -2.52. The van der Waals surface area contributed by atoms with Crippen LogP contribution in [0, 0.1) is 5.92 Å². The van der Waals surface area contributed by atoms with Gasteiger partial charge >= 0.3 is 5.97 Å². The predicted molar refractivity (Wildman–Crippen MR) is 75.3 cm³/mol. The number of nitrogens with two attached hydrogens (primary N) is 2. The first kappa shape index (κ1) is 19.1. The van der Waals surface area contributed by atoms with Gasteiger partial charge < -0.3 is 26.8 Å². The molecule has 0 aliphatic heterocycles. The lowest BCUT2D eigenvalue weighted by molar-refractivity contribution is -0.141. The van der Waals surface area contributed by atoms with E-state index in [0.29, 0.717) is 6.42 Å². The molecule has 0 spiro atoms. The van der Waals surface area contributed by atoms with Crippen LogP contribution in [0.15, 0.2) is 0 Å². The maximum Gasteiger partial charge on any atom is 0.326 e. The smallest absolute Gasteiger partial charge is 0.326 e. The Kier molecular flexibility index (Phi) is 7.37. The Morgan fingerprint density at radius 1 is 1.30 bits per heavy atom. The second-order valence-corrected chi connectivity index (χ2v) is 7.68. The number of amides is 1. The molecule has 20 heavy (non-hydrogen) atoms. The lowest BCUT2D eigenvalue weighted by atomic mass is 9.99. The molecule has 9 heteroatoms. The third-order valence-electron chi connectivity index (χ3n) is 3.25. The molecule has 7 N–H and O–H groups in total. The Morgan fingerprint density at radius 2 is 1.80 bits per heavy atom. The van der Waals surface area contributed by atoms with Crippen molar-refractivity contribution in [3.8, 4) is 0 Å². The first-order chi connectivity index (χ1) is 9.02. The molecular formula is C11H24N3O5P. The highest BCUT2D eigenvalue weighted by molar-refractivity contribution is 7.58. The van der Waals surface area contributed by atoms with E-state index in [1.807, 2.05) is 6.92 Å². The van der Waals surface area contributed by atoms with E-state index in [2.05, 4.69) is 5.32 Å². The largest absolute Gasteiger partial charge is 0.480 e. The Morgan fingerprint density at radius 3 is 2.15 bits per heavy atom. The van der Waals surface area contributed by atoms with Gasteiger partial charge in [0.05, 0.1) is 18.0 Å². The molecule has 5 atom stereocenters. The van der Waals surface area contributed by atoms with Crippen LogP contribution in [0.1, 0.15) is 27.2 Å². The number of aliphatic carboxylic acids is 1. The molecule has 1 amide bonds. The first-order valence-electron chi connectivity index (χ1n) is 6.38. The average Bonchev–Trinajstić information content (AvgIpc) is 2.35. The summed E-state index contributed by atoms with van der Waals surface area (Å²) in [6, 6.07) is -2.35. The van der Waals surface area contributed by atoms with E-state index < -0.39 is 43.3 Å². The molecule has 118 valence electrons. The molecule has 0 radical (unpaired) electrons. The van der Waals surface area contributed by atoms with Crippen LogP contribution in [-0.4, -0.2) is 45.9 Å². The van der Waals surface area contributed by atoms with Crippen LogP contribution in [-0.2, 0) is 14.2 Å². The number of hydrogen-bond acceptors (Lipinski definition) is 5. The van der Waals surface area contributed by atoms with Crippen LogP contribution in [0.5, 0.6) is 0 Å². The quantitative estimate of drug-likeness (QED) is 0.378. The summed E-state index contributed by atoms with van der Waals surface area (Å²) in [5.74, 6) is -3.25. The van der Waals surface area contributed by atoms with Crippen LogP contribution < -0.4 is 16.8 Å². The van der Waals surface area contributed by atoms with Crippen LogP contribution in [0.4, 0.5) is 0 Å². The van der Waals surface area contributed by atoms with E-state index in [1.54, 1.807) is 6.92 Å². The fraction of sp³-hybridized carbons (Fsp3) is 0.818. The maximum absolute atomic E-state index is 11.8. The van der Waals surface area contributed by atoms with Crippen molar-refractivity contribution in [1.82, 2.24) is 5.32 Å². The zero-order chi connectivity index (χ0) is 16.1. The molecule has 0 saturated carbocycles. The Balaban J connectivity index is 4.85. The minimum Gasteiger partial charge on any atom is -0.480 e. The molecule has 8 nitrogen and oxygen atoms in total. The fourth-order valence-corrected chi connectivity index (χ4v) is 2.50. The second-order valence-electron chi connectivity index (χ2n) is 4.99. The molecule has 4 unspecified atom stereocenters. The number of rotatable bonds is 8. The number of carboxylic acid groups (broad SMARTS) is 1. The molecule has 0 aromatic carbocycles. The fourth-order valence-electron chi connectivity index (χ4n) is 1.39. The van der Waals surface area contributed by atoms with Gasteiger partial charge in [0, 0.05) is 0 Å². The van der Waals surface area contributed by atoms with E-state index >= 15 is 0 Å². The van der Waals surface area contributed by atoms with E-state index in [0.717, 1.165) is 0 Å². The van der Waals surface area contributed by atoms with Crippen LogP contribution in [0.3, 0.4) is 0 Å². The highest BCUT2D eigenvalue weighted by Crippen LogP contribution is 2.44. The van der Waals surface area contributed by atoms with Crippen LogP contribution in [0.2, 0.25) is 0 Å². The minimum atomic E-state index is -3.85. The molecule has 0 aliphatic carbocycles. The first-order valence-corrected chi connectivity index (χ1v) is 8.30. The standard InChI is InChI=1S/C11H24N3O5P/c1-4-6(2)9(13)10(15)14-8(11(16)17)5-20(18,19)7(3)12/h6-9H,4-5,12-13H2,1-3H3,(H,14,15)(H,16,17)(H,18,19)/t6?,7?,8?,9-/m0/s1. The highest BCUT2D eigenvalue weighted by Gasteiger charge is 2.34. The average molecular weight is 309 g/mol. The summed E-state index contributed by atoms with van der Waals surface area (Å²) < 4.78 is 11.8. The van der Waals surface area contributed by atoms with Gasteiger partial charge in [0.2, 0.25) is 13.3 Å². The summed E-state index contributed by atoms with van der Waals surface area (Å²) in [5.41, 5.74) is 11.0. The van der Waals surface area contributed by atoms with Crippen molar-refractivity contribution in [1.29, 1.82) is 0 Å². The normalized spacial score (nSPS) is 20.3. The Hall–Kier alpha value is -0.950. The van der Waals surface area contributed by atoms with Gasteiger partial charge in [-0.1, -0.05) is 20.3 Å². The van der Waals surface area contributed by atoms with Crippen LogP contribution in [0.25, 0.3) is 0 Å². The topological polar surface area (TPSA) is 156 Å². The van der Waals surface area contributed by atoms with Crippen molar-refractivity contribution < 1.29 is 24.2 Å². The monoisotopic (exact) mass is 309 g/mol. The Labute approximate surface area is 118 Å². The van der Waals surface area contributed by atoms with Gasteiger partial charge in [-0.25, -0.2) is 4.79 Å². The minimum absolute atomic E-state index is 0.126. The van der Waals surface area contributed by atoms with Crippen molar-refractivity contribution in [2.24, 2.45) is 17.4 Å². The highest BCUT2D eigenvalue weighted by atomic mass is 31.2. The van der Waals surface area contributed by atoms with Crippen molar-refractivity contribution in [3.05, 3.63) is 0 Å². The molecule has 0 aliphatic rings. The van der Waals surface area contributed by atoms with E-state index in [4.69, 9.17) is 16.6 Å². The van der Waals surface area contributed by atoms with E-state index in [9.17, 15) is 19.0 Å². The molecule has 0 heterocycles. The van der Waals surface area contributed by atoms with Gasteiger partial charge in [-0.3, -0.25) is 9.36 Å². The van der Waals surface area contributed by atoms with Gasteiger partial charge in [0.25, 0.3) is 0 Å². The summed E-state index contributed by atoms with van der Waals surface area (Å²) in [6.07, 6.45) is 0.0314. The zero-order valence-electron chi connectivity index (χ0n) is 11.9. The number of carbonyl (C=O) groups excluding carboxylic acids is 1. The maximum atomic E-state index is 11.8. The molecular weight excluding hydrogens is 285 g/mol. The Bertz CT molecular complexity index is 402. The summed E-state index contributed by atoms with van der Waals surface area (Å²) in [6.45, 7) is 4.93. The van der Waals surface area contributed by atoms with Gasteiger partial charge in [0.15, 0.2) is 0 Å². The molecule has 0 fully saturated rings. The summed E-state index contributed by atoms with van der Waals surface area (Å²) in [7, 11) is -3.85. The third-order valence-corrected chi connectivity index (χ3v) is 5.42. The van der Waals surface area contributed by atoms with Gasteiger partial charge in [-0.2, -0.15) is 0 Å². The molecule has 0 bridgehead atoms. The third kappa shape index (κ3) is 5.58. The van der Waals surface area contributed by atoms with Gasteiger partial charge in [0.1, 0.15) is 6.04 Å². The predicted octanol–water partition coefficient (Wildman–Crippen LogP) is -0.496. The van der Waals surface area contributed by atoms with Gasteiger partial charge in [-0.05, 0) is 12.8 Å². The summed E-state index contributed by atoms with van der Waals surface area (Å²) in [5, 5.41) is 11.2. The molecule has 0 aromatic heterocycles. The SMILES string of the molecule is CCC(C)[C@H](N)C(=O)NC(CP(=O)(O)C(C)N)C(=O)O. The number of nitrogens with one attached hydrogen (secondary N) is 1. The lowest BCUT2D eigenvalue weighted by Gasteiger charge is -2.23. The number of hydrogen-bond donors (Lipinski definition) is 5. The van der Waals surface area contributed by atoms with Crippen molar-refractivity contribution >= 4 is 19.2 Å². The summed E-state index contributed by atoms with van der Waals surface area (Å²) >= 11 is 0. The molecule has 0 rings (SSSR count). The number of carbonyl (C=O) groups is 2. The van der Waals surface area contributed by atoms with E-state index in [-0.39, 0.29) is 5.92 Å². The molecule has 0 aromatic rings. The van der Waals surface area contributed by atoms with Crippen molar-refractivity contribution in [2.45, 2.75) is 45.1 Å². The van der Waals surface area contributed by atoms with Gasteiger partial charge in [-0.15, -0.1) is 0 Å². The van der Waals surface area contributed by atoms with Crippen molar-refractivity contribution in [3.63, 3.8) is 0 Å². The van der Waals surface area contributed by atoms with Crippen LogP contribution >= 0.6 is 7.37 Å². The second kappa shape index (κ2) is 7.73. The zero-order valence-corrected chi connectivity index (χ0v) is 12.8.